The van der Waals surface area contributed by atoms with E-state index in [4.69, 9.17) is 5.73 Å². The third kappa shape index (κ3) is 3.23. The molecule has 2 unspecified atom stereocenters. The lowest BCUT2D eigenvalue weighted by Gasteiger charge is -2.28. The molecule has 3 N–H and O–H groups in total. The SMILES string of the molecule is NC1CCC(C(=O)Nc2nncn2Cc2ccccc2)c2ccccc21. The quantitative estimate of drug-likeness (QED) is 0.760. The fraction of sp³-hybridized carbons (Fsp3) is 0.250. The van der Waals surface area contributed by atoms with Crippen molar-refractivity contribution in [1.82, 2.24) is 14.8 Å². The van der Waals surface area contributed by atoms with E-state index in [1.54, 1.807) is 6.33 Å². The average Bonchev–Trinajstić information content (AvgIpc) is 3.09. The second-order valence-electron chi connectivity index (χ2n) is 6.62. The molecule has 1 aromatic heterocycles. The Balaban J connectivity index is 1.53. The van der Waals surface area contributed by atoms with E-state index < -0.39 is 0 Å². The highest BCUT2D eigenvalue weighted by Crippen LogP contribution is 2.36. The van der Waals surface area contributed by atoms with Gasteiger partial charge < -0.3 is 5.73 Å². The van der Waals surface area contributed by atoms with Crippen LogP contribution in [0.3, 0.4) is 0 Å². The first-order valence-electron chi connectivity index (χ1n) is 8.79. The lowest BCUT2D eigenvalue weighted by molar-refractivity contribution is -0.118. The molecule has 0 spiro atoms. The lowest BCUT2D eigenvalue weighted by Crippen LogP contribution is -2.29. The Kier molecular flexibility index (Phi) is 4.50. The highest BCUT2D eigenvalue weighted by atomic mass is 16.2. The predicted octanol–water partition coefficient (Wildman–Crippen LogP) is 2.84. The maximum Gasteiger partial charge on any atom is 0.234 e. The highest BCUT2D eigenvalue weighted by molar-refractivity contribution is 5.95. The summed E-state index contributed by atoms with van der Waals surface area (Å²) >= 11 is 0. The molecule has 0 saturated heterocycles. The van der Waals surface area contributed by atoms with Crippen molar-refractivity contribution in [1.29, 1.82) is 0 Å². The Morgan fingerprint density at radius 1 is 1.08 bits per heavy atom. The number of fused-ring (bicyclic) bond motifs is 1. The number of hydrogen-bond donors (Lipinski definition) is 2. The zero-order valence-electron chi connectivity index (χ0n) is 14.4. The molecule has 0 bridgehead atoms. The molecule has 0 fully saturated rings. The normalized spacial score (nSPS) is 19.0. The molecule has 6 nitrogen and oxygen atoms in total. The Hall–Kier alpha value is -2.99. The number of rotatable bonds is 4. The zero-order valence-corrected chi connectivity index (χ0v) is 14.4. The Morgan fingerprint density at radius 2 is 1.81 bits per heavy atom. The van der Waals surface area contributed by atoms with Crippen molar-refractivity contribution in [2.45, 2.75) is 31.3 Å². The number of nitrogens with zero attached hydrogens (tertiary/aromatic N) is 3. The van der Waals surface area contributed by atoms with Crippen LogP contribution in [-0.4, -0.2) is 20.7 Å². The van der Waals surface area contributed by atoms with Crippen LogP contribution in [0.2, 0.25) is 0 Å². The topological polar surface area (TPSA) is 85.8 Å². The van der Waals surface area contributed by atoms with Gasteiger partial charge in [0.2, 0.25) is 11.9 Å². The summed E-state index contributed by atoms with van der Waals surface area (Å²) in [5, 5.41) is 11.0. The van der Waals surface area contributed by atoms with E-state index in [1.807, 2.05) is 59.2 Å². The summed E-state index contributed by atoms with van der Waals surface area (Å²) < 4.78 is 1.84. The van der Waals surface area contributed by atoms with Gasteiger partial charge in [0, 0.05) is 6.04 Å². The lowest BCUT2D eigenvalue weighted by atomic mass is 9.80. The molecule has 6 heteroatoms. The van der Waals surface area contributed by atoms with Crippen LogP contribution in [0.4, 0.5) is 5.95 Å². The van der Waals surface area contributed by atoms with Gasteiger partial charge in [0.15, 0.2) is 0 Å². The predicted molar refractivity (Wildman–Crippen MR) is 99.5 cm³/mol. The first-order chi connectivity index (χ1) is 12.7. The molecule has 1 aliphatic carbocycles. The summed E-state index contributed by atoms with van der Waals surface area (Å²) in [6.45, 7) is 0.607. The number of nitrogens with one attached hydrogen (secondary N) is 1. The van der Waals surface area contributed by atoms with Crippen molar-refractivity contribution in [2.24, 2.45) is 5.73 Å². The fourth-order valence-corrected chi connectivity index (χ4v) is 3.54. The van der Waals surface area contributed by atoms with E-state index >= 15 is 0 Å². The van der Waals surface area contributed by atoms with E-state index in [9.17, 15) is 4.79 Å². The molecule has 0 saturated carbocycles. The minimum Gasteiger partial charge on any atom is -0.324 e. The number of amides is 1. The largest absolute Gasteiger partial charge is 0.324 e. The molecule has 26 heavy (non-hydrogen) atoms. The number of aromatic nitrogens is 3. The second-order valence-corrected chi connectivity index (χ2v) is 6.62. The van der Waals surface area contributed by atoms with Crippen molar-refractivity contribution in [3.8, 4) is 0 Å². The third-order valence-corrected chi connectivity index (χ3v) is 4.90. The highest BCUT2D eigenvalue weighted by Gasteiger charge is 2.30. The van der Waals surface area contributed by atoms with Gasteiger partial charge in [-0.1, -0.05) is 54.6 Å². The first-order valence-corrected chi connectivity index (χ1v) is 8.79. The van der Waals surface area contributed by atoms with Gasteiger partial charge in [0.1, 0.15) is 6.33 Å². The van der Waals surface area contributed by atoms with Gasteiger partial charge in [-0.2, -0.15) is 0 Å². The number of nitrogens with two attached hydrogens (primary N) is 1. The van der Waals surface area contributed by atoms with Gasteiger partial charge in [-0.15, -0.1) is 10.2 Å². The van der Waals surface area contributed by atoms with Crippen LogP contribution in [0.5, 0.6) is 0 Å². The zero-order chi connectivity index (χ0) is 17.9. The van der Waals surface area contributed by atoms with Gasteiger partial charge in [0.05, 0.1) is 12.5 Å². The van der Waals surface area contributed by atoms with E-state index in [0.717, 1.165) is 29.5 Å². The first kappa shape index (κ1) is 16.5. The van der Waals surface area contributed by atoms with Crippen LogP contribution in [0.1, 0.15) is 41.5 Å². The maximum absolute atomic E-state index is 12.9. The molecule has 0 aliphatic heterocycles. The summed E-state index contributed by atoms with van der Waals surface area (Å²) in [5.74, 6) is 0.186. The molecule has 132 valence electrons. The monoisotopic (exact) mass is 347 g/mol. The molecule has 3 aromatic rings. The Morgan fingerprint density at radius 3 is 2.62 bits per heavy atom. The van der Waals surface area contributed by atoms with Crippen LogP contribution in [0.25, 0.3) is 0 Å². The number of carbonyl (C=O) groups is 1. The molecular weight excluding hydrogens is 326 g/mol. The van der Waals surface area contributed by atoms with Crippen molar-refractivity contribution in [2.75, 3.05) is 5.32 Å². The van der Waals surface area contributed by atoms with E-state index in [2.05, 4.69) is 15.5 Å². The molecule has 4 rings (SSSR count). The average molecular weight is 347 g/mol. The van der Waals surface area contributed by atoms with E-state index in [-0.39, 0.29) is 17.9 Å². The van der Waals surface area contributed by atoms with Crippen molar-refractivity contribution in [3.63, 3.8) is 0 Å². The summed E-state index contributed by atoms with van der Waals surface area (Å²) in [5.41, 5.74) is 9.39. The summed E-state index contributed by atoms with van der Waals surface area (Å²) in [6, 6.07) is 17.9. The van der Waals surface area contributed by atoms with Gasteiger partial charge in [-0.05, 0) is 29.5 Å². The van der Waals surface area contributed by atoms with Crippen LogP contribution >= 0.6 is 0 Å². The van der Waals surface area contributed by atoms with Gasteiger partial charge in [-0.25, -0.2) is 0 Å². The van der Waals surface area contributed by atoms with Crippen LogP contribution in [0.15, 0.2) is 60.9 Å². The summed E-state index contributed by atoms with van der Waals surface area (Å²) in [7, 11) is 0. The summed E-state index contributed by atoms with van der Waals surface area (Å²) in [4.78, 5) is 12.9. The van der Waals surface area contributed by atoms with Crippen LogP contribution in [-0.2, 0) is 11.3 Å². The maximum atomic E-state index is 12.9. The Labute approximate surface area is 152 Å². The molecule has 1 heterocycles. The molecule has 2 atom stereocenters. The fourth-order valence-electron chi connectivity index (χ4n) is 3.54. The number of anilines is 1. The Bertz CT molecular complexity index is 905. The molecule has 1 amide bonds. The summed E-state index contributed by atoms with van der Waals surface area (Å²) in [6.07, 6.45) is 3.16. The molecule has 2 aromatic carbocycles. The van der Waals surface area contributed by atoms with Crippen molar-refractivity contribution < 1.29 is 4.79 Å². The van der Waals surface area contributed by atoms with Crippen molar-refractivity contribution in [3.05, 3.63) is 77.6 Å². The third-order valence-electron chi connectivity index (χ3n) is 4.90. The van der Waals surface area contributed by atoms with E-state index in [1.165, 1.54) is 0 Å². The number of carbonyl (C=O) groups excluding carboxylic acids is 1. The van der Waals surface area contributed by atoms with Crippen LogP contribution in [0, 0.1) is 0 Å². The number of hydrogen-bond acceptors (Lipinski definition) is 4. The molecule has 1 aliphatic rings. The molecule has 0 radical (unpaired) electrons. The van der Waals surface area contributed by atoms with Gasteiger partial charge in [0.25, 0.3) is 0 Å². The second kappa shape index (κ2) is 7.09. The minimum absolute atomic E-state index is 0.00279. The number of benzene rings is 2. The van der Waals surface area contributed by atoms with Gasteiger partial charge in [-0.3, -0.25) is 14.7 Å². The molecular formula is C20H21N5O. The smallest absolute Gasteiger partial charge is 0.234 e. The minimum atomic E-state index is -0.215. The van der Waals surface area contributed by atoms with Crippen molar-refractivity contribution >= 4 is 11.9 Å². The van der Waals surface area contributed by atoms with Gasteiger partial charge >= 0.3 is 0 Å². The van der Waals surface area contributed by atoms with Crippen LogP contribution < -0.4 is 11.1 Å². The van der Waals surface area contributed by atoms with E-state index in [0.29, 0.717) is 12.5 Å². The standard InChI is InChI=1S/C20H21N5O/c21-18-11-10-17(15-8-4-5-9-16(15)18)19(26)23-20-24-22-13-25(20)12-14-6-2-1-3-7-14/h1-9,13,17-18H,10-12,21H2,(H,23,24,26).